The van der Waals surface area contributed by atoms with Gasteiger partial charge in [-0.15, -0.1) is 0 Å². The molecule has 0 spiro atoms. The minimum Gasteiger partial charge on any atom is -0.385 e. The summed E-state index contributed by atoms with van der Waals surface area (Å²) in [7, 11) is 4.05. The summed E-state index contributed by atoms with van der Waals surface area (Å²) in [5, 5.41) is 13.0. The Bertz CT molecular complexity index is 531. The molecule has 2 aromatic rings. The van der Waals surface area contributed by atoms with Crippen molar-refractivity contribution in [3.05, 3.63) is 48.0 Å². The Morgan fingerprint density at radius 3 is 2.39 bits per heavy atom. The van der Waals surface area contributed by atoms with Crippen LogP contribution < -0.4 is 0 Å². The Labute approximate surface area is 109 Å². The van der Waals surface area contributed by atoms with Gasteiger partial charge in [-0.3, -0.25) is 0 Å². The molecule has 2 aromatic carbocycles. The first-order valence-corrected chi connectivity index (χ1v) is 6.35. The largest absolute Gasteiger partial charge is 0.385 e. The van der Waals surface area contributed by atoms with Crippen molar-refractivity contribution in [1.29, 1.82) is 0 Å². The molecule has 0 heterocycles. The highest BCUT2D eigenvalue weighted by Crippen LogP contribution is 2.27. The van der Waals surface area contributed by atoms with Crippen LogP contribution >= 0.6 is 0 Å². The van der Waals surface area contributed by atoms with Gasteiger partial charge in [0, 0.05) is 6.54 Å². The molecule has 18 heavy (non-hydrogen) atoms. The van der Waals surface area contributed by atoms with E-state index in [1.165, 1.54) is 10.8 Å². The lowest BCUT2D eigenvalue weighted by Crippen LogP contribution is -2.27. The van der Waals surface area contributed by atoms with Crippen molar-refractivity contribution in [2.45, 2.75) is 18.9 Å². The lowest BCUT2D eigenvalue weighted by Gasteiger charge is -2.26. The Kier molecular flexibility index (Phi) is 3.69. The van der Waals surface area contributed by atoms with Crippen molar-refractivity contribution in [3.8, 4) is 0 Å². The molecule has 2 rings (SSSR count). The number of benzene rings is 2. The SMILES string of the molecule is CN(C)CC[C@@](C)(O)c1ccc2ccccc2c1. The summed E-state index contributed by atoms with van der Waals surface area (Å²) in [5.41, 5.74) is 0.219. The van der Waals surface area contributed by atoms with Crippen LogP contribution in [0.5, 0.6) is 0 Å². The standard InChI is InChI=1S/C16H21NO/c1-16(18,10-11-17(2)3)15-9-8-13-6-4-5-7-14(13)12-15/h4-9,12,18H,10-11H2,1-3H3/t16-/m1/s1. The third-order valence-corrected chi connectivity index (χ3v) is 3.42. The molecule has 0 bridgehead atoms. The van der Waals surface area contributed by atoms with Crippen molar-refractivity contribution in [2.75, 3.05) is 20.6 Å². The zero-order valence-corrected chi connectivity index (χ0v) is 11.4. The van der Waals surface area contributed by atoms with E-state index in [1.807, 2.05) is 39.2 Å². The molecule has 96 valence electrons. The highest BCUT2D eigenvalue weighted by molar-refractivity contribution is 5.83. The molecule has 2 nitrogen and oxygen atoms in total. The minimum atomic E-state index is -0.770. The van der Waals surface area contributed by atoms with E-state index in [1.54, 1.807) is 0 Å². The lowest BCUT2D eigenvalue weighted by atomic mass is 9.90. The van der Waals surface area contributed by atoms with E-state index in [9.17, 15) is 5.11 Å². The molecule has 2 heteroatoms. The molecular formula is C16H21NO. The predicted molar refractivity (Wildman–Crippen MR) is 76.7 cm³/mol. The summed E-state index contributed by atoms with van der Waals surface area (Å²) in [5.74, 6) is 0. The maximum absolute atomic E-state index is 10.6. The van der Waals surface area contributed by atoms with Crippen LogP contribution in [0.1, 0.15) is 18.9 Å². The molecule has 1 N–H and O–H groups in total. The number of aliphatic hydroxyl groups is 1. The first kappa shape index (κ1) is 13.1. The van der Waals surface area contributed by atoms with Gasteiger partial charge >= 0.3 is 0 Å². The zero-order chi connectivity index (χ0) is 13.2. The van der Waals surface area contributed by atoms with E-state index < -0.39 is 5.60 Å². The Hall–Kier alpha value is -1.38. The Morgan fingerprint density at radius 2 is 1.72 bits per heavy atom. The maximum atomic E-state index is 10.6. The fourth-order valence-corrected chi connectivity index (χ4v) is 2.11. The van der Waals surface area contributed by atoms with Crippen molar-refractivity contribution in [3.63, 3.8) is 0 Å². The van der Waals surface area contributed by atoms with E-state index in [-0.39, 0.29) is 0 Å². The number of hydrogen-bond donors (Lipinski definition) is 1. The molecule has 0 saturated carbocycles. The molecule has 1 atom stereocenters. The van der Waals surface area contributed by atoms with Gasteiger partial charge in [0.25, 0.3) is 0 Å². The number of rotatable bonds is 4. The normalized spacial score (nSPS) is 14.9. The van der Waals surface area contributed by atoms with Gasteiger partial charge in [-0.1, -0.05) is 36.4 Å². The third-order valence-electron chi connectivity index (χ3n) is 3.42. The lowest BCUT2D eigenvalue weighted by molar-refractivity contribution is 0.0407. The van der Waals surface area contributed by atoms with Crippen molar-refractivity contribution >= 4 is 10.8 Å². The predicted octanol–water partition coefficient (Wildman–Crippen LogP) is 3.00. The van der Waals surface area contributed by atoms with Crippen LogP contribution in [0.25, 0.3) is 10.8 Å². The number of nitrogens with zero attached hydrogens (tertiary/aromatic N) is 1. The van der Waals surface area contributed by atoms with Gasteiger partial charge in [-0.2, -0.15) is 0 Å². The average molecular weight is 243 g/mol. The fourth-order valence-electron chi connectivity index (χ4n) is 2.11. The molecule has 0 aromatic heterocycles. The smallest absolute Gasteiger partial charge is 0.0880 e. The molecule has 0 saturated heterocycles. The Balaban J connectivity index is 2.29. The summed E-state index contributed by atoms with van der Waals surface area (Å²) < 4.78 is 0. The van der Waals surface area contributed by atoms with E-state index in [0.29, 0.717) is 0 Å². The van der Waals surface area contributed by atoms with Crippen LogP contribution in [0, 0.1) is 0 Å². The van der Waals surface area contributed by atoms with Crippen LogP contribution in [-0.2, 0) is 5.60 Å². The third kappa shape index (κ3) is 2.89. The van der Waals surface area contributed by atoms with E-state index in [4.69, 9.17) is 0 Å². The first-order valence-electron chi connectivity index (χ1n) is 6.35. The second-order valence-corrected chi connectivity index (χ2v) is 5.39. The van der Waals surface area contributed by atoms with Crippen molar-refractivity contribution in [2.24, 2.45) is 0 Å². The Morgan fingerprint density at radius 1 is 1.06 bits per heavy atom. The quantitative estimate of drug-likeness (QED) is 0.892. The van der Waals surface area contributed by atoms with E-state index in [2.05, 4.69) is 29.2 Å². The van der Waals surface area contributed by atoms with Gasteiger partial charge < -0.3 is 10.0 Å². The molecule has 0 aliphatic heterocycles. The van der Waals surface area contributed by atoms with Gasteiger partial charge in [0.05, 0.1) is 5.60 Å². The van der Waals surface area contributed by atoms with Crippen LogP contribution in [-0.4, -0.2) is 30.6 Å². The zero-order valence-electron chi connectivity index (χ0n) is 11.4. The summed E-state index contributed by atoms with van der Waals surface area (Å²) in [6.07, 6.45) is 0.734. The van der Waals surface area contributed by atoms with Crippen LogP contribution in [0.2, 0.25) is 0 Å². The molecular weight excluding hydrogens is 222 g/mol. The highest BCUT2D eigenvalue weighted by atomic mass is 16.3. The van der Waals surface area contributed by atoms with E-state index >= 15 is 0 Å². The van der Waals surface area contributed by atoms with Gasteiger partial charge in [0.15, 0.2) is 0 Å². The molecule has 0 aliphatic rings. The summed E-state index contributed by atoms with van der Waals surface area (Å²) in [6.45, 7) is 2.76. The minimum absolute atomic E-state index is 0.734. The topological polar surface area (TPSA) is 23.5 Å². The van der Waals surface area contributed by atoms with Gasteiger partial charge in [-0.25, -0.2) is 0 Å². The molecule has 0 aliphatic carbocycles. The molecule has 0 unspecified atom stereocenters. The van der Waals surface area contributed by atoms with Gasteiger partial charge in [0.1, 0.15) is 0 Å². The van der Waals surface area contributed by atoms with Crippen molar-refractivity contribution < 1.29 is 5.11 Å². The fraction of sp³-hybridized carbons (Fsp3) is 0.375. The highest BCUT2D eigenvalue weighted by Gasteiger charge is 2.22. The van der Waals surface area contributed by atoms with Crippen LogP contribution in [0.3, 0.4) is 0 Å². The monoisotopic (exact) mass is 243 g/mol. The maximum Gasteiger partial charge on any atom is 0.0880 e. The van der Waals surface area contributed by atoms with Crippen molar-refractivity contribution in [1.82, 2.24) is 4.90 Å². The van der Waals surface area contributed by atoms with Gasteiger partial charge in [-0.05, 0) is 49.8 Å². The second kappa shape index (κ2) is 5.09. The van der Waals surface area contributed by atoms with Crippen LogP contribution in [0.15, 0.2) is 42.5 Å². The molecule has 0 amide bonds. The van der Waals surface area contributed by atoms with Gasteiger partial charge in [0.2, 0.25) is 0 Å². The second-order valence-electron chi connectivity index (χ2n) is 5.39. The number of hydrogen-bond acceptors (Lipinski definition) is 2. The average Bonchev–Trinajstić information content (AvgIpc) is 2.36. The molecule has 0 radical (unpaired) electrons. The summed E-state index contributed by atoms with van der Waals surface area (Å²) >= 11 is 0. The summed E-state index contributed by atoms with van der Waals surface area (Å²) in [6, 6.07) is 14.4. The van der Waals surface area contributed by atoms with Crippen LogP contribution in [0.4, 0.5) is 0 Å². The summed E-state index contributed by atoms with van der Waals surface area (Å²) in [4.78, 5) is 2.09. The molecule has 0 fully saturated rings. The number of fused-ring (bicyclic) bond motifs is 1. The first-order chi connectivity index (χ1) is 8.49. The van der Waals surface area contributed by atoms with E-state index in [0.717, 1.165) is 18.5 Å².